The van der Waals surface area contributed by atoms with Crippen LogP contribution in [0.1, 0.15) is 105 Å². The van der Waals surface area contributed by atoms with Crippen molar-refractivity contribution in [2.24, 2.45) is 23.4 Å². The lowest BCUT2D eigenvalue weighted by molar-refractivity contribution is -0.145. The Kier molecular flexibility index (Phi) is 24.0. The van der Waals surface area contributed by atoms with Crippen LogP contribution in [0.4, 0.5) is 5.95 Å². The average Bonchev–Trinajstić information content (AvgIpc) is 3.27. The Morgan fingerprint density at radius 1 is 1.18 bits per heavy atom. The number of hydrogen-bond donors (Lipinski definition) is 4. The minimum absolute atomic E-state index is 0.0740. The number of nitrogens with zero attached hydrogens (tertiary/aromatic N) is 4. The summed E-state index contributed by atoms with van der Waals surface area (Å²) in [7, 11) is 1.44. The van der Waals surface area contributed by atoms with E-state index in [0.29, 0.717) is 11.3 Å². The number of fused-ring (bicyclic) bond motifs is 1. The molecule has 11 nitrogen and oxygen atoms in total. The molecule has 0 radical (unpaired) electrons. The fourth-order valence-electron chi connectivity index (χ4n) is 3.49. The first-order valence-corrected chi connectivity index (χ1v) is 17.0. The van der Waals surface area contributed by atoms with Crippen molar-refractivity contribution in [3.63, 3.8) is 0 Å². The minimum Gasteiger partial charge on any atom is -0.469 e. The molecule has 1 saturated heterocycles. The molecule has 0 saturated carbocycles. The highest BCUT2D eigenvalue weighted by molar-refractivity contribution is 14.3. The number of carbonyl (C=O) groups excluding carboxylic acids is 2. The molecular formula is C26H51I3N8O3. The number of carbonyl (C=O) groups is 2. The van der Waals surface area contributed by atoms with E-state index in [9.17, 15) is 9.59 Å². The predicted octanol–water partition coefficient (Wildman–Crippen LogP) is 6.16. The Balaban J connectivity index is 0. The number of methoxy groups -OCH3 is 1. The smallest absolute Gasteiger partial charge is 0.308 e. The first kappa shape index (κ1) is 41.6. The maximum Gasteiger partial charge on any atom is 0.308 e. The van der Waals surface area contributed by atoms with Gasteiger partial charge in [-0.1, -0.05) is 115 Å². The highest BCUT2D eigenvalue weighted by atomic mass is 127. The maximum absolute atomic E-state index is 10.9. The maximum atomic E-state index is 10.9. The number of nitrogens with one attached hydrogen (secondary N) is 1. The summed E-state index contributed by atoms with van der Waals surface area (Å²) in [6.45, 7) is 13.5. The first-order valence-electron chi connectivity index (χ1n) is 13.7. The van der Waals surface area contributed by atoms with Gasteiger partial charge in [-0.3, -0.25) is 20.0 Å². The standard InChI is InChI=1S/C8H16O2.C7H12N4.C6H12N2O.C3H5I3.C2H6N2/c1-4-5-6-7(2)8(9)10-3;1-5-3-2-4-11-6(5)9-7(8)10-11;1-5-3-2-4-8(7)6(5)9;1-2-3(4,5)6;1-2(3)4/h7H,4-6H2,1-3H3;5H,2-4H2,1H3,(H2,8,10);5H,2-4,7H2,1H3;2H2,1H3;1H3,(H3,3,4). The number of piperidine rings is 1. The second kappa shape index (κ2) is 23.0. The van der Waals surface area contributed by atoms with E-state index in [2.05, 4.69) is 103 Å². The average molecular weight is 904 g/mol. The van der Waals surface area contributed by atoms with Crippen LogP contribution in [0.25, 0.3) is 0 Å². The van der Waals surface area contributed by atoms with Gasteiger partial charge in [0, 0.05) is 24.9 Å². The minimum atomic E-state index is -0.0894. The number of nitrogen functional groups attached to an aromatic ring is 1. The molecule has 3 atom stereocenters. The summed E-state index contributed by atoms with van der Waals surface area (Å²) >= 11 is 7.24. The van der Waals surface area contributed by atoms with Gasteiger partial charge in [0.2, 0.25) is 11.9 Å². The van der Waals surface area contributed by atoms with Gasteiger partial charge in [0.1, 0.15) is 5.26 Å². The molecule has 7 N–H and O–H groups in total. The van der Waals surface area contributed by atoms with Crippen molar-refractivity contribution in [3.8, 4) is 0 Å². The number of ether oxygens (including phenoxy) is 1. The quantitative estimate of drug-likeness (QED) is 0.0517. The number of hydrogen-bond acceptors (Lipinski definition) is 8. The van der Waals surface area contributed by atoms with Gasteiger partial charge in [-0.2, -0.15) is 4.98 Å². The summed E-state index contributed by atoms with van der Waals surface area (Å²) in [6.07, 6.45) is 8.86. The third-order valence-corrected chi connectivity index (χ3v) is 8.19. The molecule has 3 rings (SSSR count). The molecule has 3 heterocycles. The van der Waals surface area contributed by atoms with Gasteiger partial charge < -0.3 is 16.2 Å². The molecular weight excluding hydrogens is 853 g/mol. The van der Waals surface area contributed by atoms with Crippen LogP contribution in [0, 0.1) is 17.2 Å². The lowest BCUT2D eigenvalue weighted by Gasteiger charge is -2.25. The fraction of sp³-hybridized carbons (Fsp3) is 0.808. The normalized spacial score (nSPS) is 18.5. The summed E-state index contributed by atoms with van der Waals surface area (Å²) in [5.74, 6) is 7.71. The number of hydrazine groups is 1. The van der Waals surface area contributed by atoms with Gasteiger partial charge >= 0.3 is 5.97 Å². The number of amides is 1. The molecule has 0 spiro atoms. The van der Waals surface area contributed by atoms with Crippen LogP contribution in [0.5, 0.6) is 0 Å². The molecule has 0 bridgehead atoms. The van der Waals surface area contributed by atoms with Crippen LogP contribution >= 0.6 is 67.8 Å². The molecule has 1 aromatic heterocycles. The number of alkyl halides is 3. The van der Waals surface area contributed by atoms with Gasteiger partial charge in [0.25, 0.3) is 0 Å². The molecule has 234 valence electrons. The Morgan fingerprint density at radius 2 is 1.68 bits per heavy atom. The zero-order valence-electron chi connectivity index (χ0n) is 25.2. The van der Waals surface area contributed by atoms with Gasteiger partial charge in [-0.25, -0.2) is 10.5 Å². The first-order chi connectivity index (χ1) is 18.5. The summed E-state index contributed by atoms with van der Waals surface area (Å²) in [6, 6.07) is 0. The zero-order chi connectivity index (χ0) is 31.5. The number of aryl methyl sites for hydroxylation is 1. The SMILES string of the molecule is CC(=N)N.CC1CCCN(N)C1=O.CC1CCCn2nc(N)nc21.CCC(I)(I)I.CCCCC(C)C(=O)OC. The lowest BCUT2D eigenvalue weighted by atomic mass is 10.0. The second-order valence-corrected chi connectivity index (χ2v) is 21.6. The molecule has 1 amide bonds. The highest BCUT2D eigenvalue weighted by Crippen LogP contribution is 2.38. The second-order valence-electron chi connectivity index (χ2n) is 9.89. The topological polar surface area (TPSA) is 179 Å². The van der Waals surface area contributed by atoms with Crippen molar-refractivity contribution < 1.29 is 14.3 Å². The summed E-state index contributed by atoms with van der Waals surface area (Å²) in [5.41, 5.74) is 10.2. The van der Waals surface area contributed by atoms with Crippen molar-refractivity contribution in [1.82, 2.24) is 19.8 Å². The molecule has 1 aromatic rings. The van der Waals surface area contributed by atoms with Crippen LogP contribution < -0.4 is 17.3 Å². The van der Waals surface area contributed by atoms with Gasteiger partial charge in [-0.15, -0.1) is 5.10 Å². The zero-order valence-corrected chi connectivity index (χ0v) is 31.7. The summed E-state index contributed by atoms with van der Waals surface area (Å²) in [4.78, 5) is 25.9. The van der Waals surface area contributed by atoms with Crippen LogP contribution in [-0.2, 0) is 20.9 Å². The van der Waals surface area contributed by atoms with Crippen molar-refractivity contribution in [3.05, 3.63) is 5.82 Å². The number of esters is 1. The molecule has 0 aliphatic carbocycles. The Morgan fingerprint density at radius 3 is 2.08 bits per heavy atom. The third-order valence-electron chi connectivity index (χ3n) is 5.90. The van der Waals surface area contributed by atoms with E-state index in [1.807, 2.05) is 18.5 Å². The fourth-order valence-corrected chi connectivity index (χ4v) is 3.49. The summed E-state index contributed by atoms with van der Waals surface area (Å²) in [5, 5.41) is 11.7. The number of halogens is 3. The molecule has 2 aliphatic heterocycles. The molecule has 40 heavy (non-hydrogen) atoms. The van der Waals surface area contributed by atoms with Crippen molar-refractivity contribution >= 4 is 91.4 Å². The van der Waals surface area contributed by atoms with E-state index in [1.165, 1.54) is 38.3 Å². The molecule has 2 aliphatic rings. The molecule has 14 heteroatoms. The van der Waals surface area contributed by atoms with Gasteiger partial charge in [-0.05, 0) is 45.4 Å². The van der Waals surface area contributed by atoms with Crippen molar-refractivity contribution in [2.45, 2.75) is 105 Å². The van der Waals surface area contributed by atoms with Crippen LogP contribution in [0.2, 0.25) is 0 Å². The van der Waals surface area contributed by atoms with Crippen molar-refractivity contribution in [1.29, 1.82) is 5.41 Å². The van der Waals surface area contributed by atoms with Crippen LogP contribution in [-0.4, -0.2) is 50.6 Å². The van der Waals surface area contributed by atoms with E-state index in [-0.39, 0.29) is 29.5 Å². The summed E-state index contributed by atoms with van der Waals surface area (Å²) < 4.78 is 6.94. The Bertz CT molecular complexity index is 849. The molecule has 1 fully saturated rings. The molecule has 0 aromatic carbocycles. The van der Waals surface area contributed by atoms with Crippen LogP contribution in [0.15, 0.2) is 0 Å². The highest BCUT2D eigenvalue weighted by Gasteiger charge is 2.22. The largest absolute Gasteiger partial charge is 0.469 e. The number of amidine groups is 1. The number of anilines is 1. The lowest BCUT2D eigenvalue weighted by Crippen LogP contribution is -2.44. The molecule has 3 unspecified atom stereocenters. The monoisotopic (exact) mass is 904 g/mol. The van der Waals surface area contributed by atoms with Crippen molar-refractivity contribution in [2.75, 3.05) is 19.4 Å². The van der Waals surface area contributed by atoms with E-state index in [1.54, 1.807) is 0 Å². The third kappa shape index (κ3) is 21.2. The van der Waals surface area contributed by atoms with Gasteiger partial charge in [0.05, 0.1) is 18.9 Å². The van der Waals surface area contributed by atoms with Crippen LogP contribution in [0.3, 0.4) is 0 Å². The van der Waals surface area contributed by atoms with E-state index >= 15 is 0 Å². The van der Waals surface area contributed by atoms with E-state index in [4.69, 9.17) is 22.7 Å². The Labute approximate surface area is 282 Å². The number of unbranched alkanes of at least 4 members (excludes halogenated alkanes) is 1. The number of nitrogens with two attached hydrogens (primary N) is 3. The number of rotatable bonds is 5. The Hall–Kier alpha value is -0.500. The van der Waals surface area contributed by atoms with E-state index in [0.717, 1.165) is 51.0 Å². The predicted molar refractivity (Wildman–Crippen MR) is 190 cm³/mol. The van der Waals surface area contributed by atoms with E-state index < -0.39 is 0 Å². The van der Waals surface area contributed by atoms with Gasteiger partial charge in [0.15, 0.2) is 0 Å². The number of aromatic nitrogens is 3.